The first-order valence-electron chi connectivity index (χ1n) is 9.96. The van der Waals surface area contributed by atoms with Crippen LogP contribution in [0.2, 0.25) is 0 Å². The molecule has 4 rings (SSSR count). The molecule has 3 N–H and O–H groups in total. The summed E-state index contributed by atoms with van der Waals surface area (Å²) in [5, 5.41) is 5.48. The molecule has 1 unspecified atom stereocenters. The van der Waals surface area contributed by atoms with E-state index in [4.69, 9.17) is 4.98 Å². The van der Waals surface area contributed by atoms with Crippen molar-refractivity contribution in [3.63, 3.8) is 0 Å². The van der Waals surface area contributed by atoms with Gasteiger partial charge in [-0.05, 0) is 60.7 Å². The Hall–Kier alpha value is -2.28. The maximum Gasteiger partial charge on any atom is 0.223 e. The molecule has 0 amide bonds. The molecule has 1 aromatic carbocycles. The van der Waals surface area contributed by atoms with Crippen LogP contribution in [0.25, 0.3) is 11.3 Å². The summed E-state index contributed by atoms with van der Waals surface area (Å²) < 4.78 is 0. The molecular weight excluding hydrogens is 366 g/mol. The van der Waals surface area contributed by atoms with Gasteiger partial charge in [0.25, 0.3) is 0 Å². The smallest absolute Gasteiger partial charge is 0.223 e. The number of thiophene rings is 1. The normalized spacial score (nSPS) is 17.2. The lowest BCUT2D eigenvalue weighted by atomic mass is 9.88. The molecule has 28 heavy (non-hydrogen) atoms. The minimum absolute atomic E-state index is 0.528. The highest BCUT2D eigenvalue weighted by Gasteiger charge is 2.18. The van der Waals surface area contributed by atoms with Gasteiger partial charge in [0, 0.05) is 36.3 Å². The summed E-state index contributed by atoms with van der Waals surface area (Å²) in [6.45, 7) is 5.05. The quantitative estimate of drug-likeness (QED) is 0.587. The average Bonchev–Trinajstić information content (AvgIpc) is 3.09. The van der Waals surface area contributed by atoms with Gasteiger partial charge in [-0.25, -0.2) is 9.97 Å². The van der Waals surface area contributed by atoms with Crippen molar-refractivity contribution in [2.45, 2.75) is 32.1 Å². The van der Waals surface area contributed by atoms with Crippen LogP contribution in [0.4, 0.5) is 5.95 Å². The molecule has 5 nitrogen and oxygen atoms in total. The van der Waals surface area contributed by atoms with Gasteiger partial charge in [0.2, 0.25) is 5.95 Å². The Morgan fingerprint density at radius 2 is 2.14 bits per heavy atom. The van der Waals surface area contributed by atoms with Crippen molar-refractivity contribution >= 4 is 17.3 Å². The molecule has 1 saturated heterocycles. The topological polar surface area (TPSA) is 61.9 Å². The molecule has 6 heteroatoms. The molecule has 2 aromatic heterocycles. The minimum atomic E-state index is 0.528. The van der Waals surface area contributed by atoms with Crippen LogP contribution >= 0.6 is 11.3 Å². The van der Waals surface area contributed by atoms with Crippen molar-refractivity contribution in [1.82, 2.24) is 20.8 Å². The summed E-state index contributed by atoms with van der Waals surface area (Å²) in [5.74, 6) is 1.22. The third-order valence-corrected chi connectivity index (χ3v) is 6.25. The summed E-state index contributed by atoms with van der Waals surface area (Å²) in [7, 11) is 0. The van der Waals surface area contributed by atoms with E-state index in [1.54, 1.807) is 11.3 Å². The molecular formula is C22H27N5S. The standard InChI is InChI=1S/C22H27N5S/c1-16-19(17-5-3-11-25-26-15-17)7-2-8-20(16)21-10-13-24-22(27-21)23-12-9-18-6-4-14-28-18/h2,4,6-8,10,13-14,17,25-26H,3,5,9,11-12,15H2,1H3,(H,23,24,27). The van der Waals surface area contributed by atoms with Gasteiger partial charge in [-0.3, -0.25) is 10.9 Å². The van der Waals surface area contributed by atoms with Crippen molar-refractivity contribution in [3.05, 3.63) is 64.0 Å². The Labute approximate surface area is 170 Å². The van der Waals surface area contributed by atoms with E-state index in [1.807, 2.05) is 12.3 Å². The van der Waals surface area contributed by atoms with Crippen LogP contribution in [-0.4, -0.2) is 29.6 Å². The van der Waals surface area contributed by atoms with Crippen LogP contribution in [0.3, 0.4) is 0 Å². The Bertz CT molecular complexity index is 886. The van der Waals surface area contributed by atoms with E-state index >= 15 is 0 Å². The summed E-state index contributed by atoms with van der Waals surface area (Å²) in [6.07, 6.45) is 5.22. The van der Waals surface area contributed by atoms with Gasteiger partial charge < -0.3 is 5.32 Å². The number of rotatable bonds is 6. The Balaban J connectivity index is 1.51. The number of nitrogens with zero attached hydrogens (tertiary/aromatic N) is 2. The fraction of sp³-hybridized carbons (Fsp3) is 0.364. The molecule has 0 aliphatic carbocycles. The van der Waals surface area contributed by atoms with E-state index < -0.39 is 0 Å². The number of hydrazine groups is 1. The maximum atomic E-state index is 4.78. The van der Waals surface area contributed by atoms with Crippen molar-refractivity contribution in [1.29, 1.82) is 0 Å². The van der Waals surface area contributed by atoms with E-state index in [9.17, 15) is 0 Å². The van der Waals surface area contributed by atoms with E-state index in [0.29, 0.717) is 11.9 Å². The first-order valence-corrected chi connectivity index (χ1v) is 10.8. The summed E-state index contributed by atoms with van der Waals surface area (Å²) in [4.78, 5) is 10.6. The second kappa shape index (κ2) is 9.28. The monoisotopic (exact) mass is 393 g/mol. The summed E-state index contributed by atoms with van der Waals surface area (Å²) in [5.41, 5.74) is 11.5. The van der Waals surface area contributed by atoms with Crippen molar-refractivity contribution in [2.75, 3.05) is 25.0 Å². The van der Waals surface area contributed by atoms with Crippen LogP contribution in [0.15, 0.2) is 48.0 Å². The molecule has 1 fully saturated rings. The fourth-order valence-electron chi connectivity index (χ4n) is 3.81. The second-order valence-corrected chi connectivity index (χ2v) is 8.22. The molecule has 3 aromatic rings. The summed E-state index contributed by atoms with van der Waals surface area (Å²) >= 11 is 1.79. The fourth-order valence-corrected chi connectivity index (χ4v) is 4.52. The minimum Gasteiger partial charge on any atom is -0.354 e. The lowest BCUT2D eigenvalue weighted by molar-refractivity contribution is 0.549. The van der Waals surface area contributed by atoms with Crippen molar-refractivity contribution in [2.24, 2.45) is 0 Å². The SMILES string of the molecule is Cc1c(-c2ccnc(NCCc3cccs3)n2)cccc1C1CCCNNC1. The maximum absolute atomic E-state index is 4.78. The van der Waals surface area contributed by atoms with E-state index in [2.05, 4.69) is 63.8 Å². The Morgan fingerprint density at radius 3 is 3.04 bits per heavy atom. The highest BCUT2D eigenvalue weighted by molar-refractivity contribution is 7.09. The number of nitrogens with one attached hydrogen (secondary N) is 3. The number of benzene rings is 1. The van der Waals surface area contributed by atoms with E-state index in [1.165, 1.54) is 34.4 Å². The average molecular weight is 394 g/mol. The largest absolute Gasteiger partial charge is 0.354 e. The first kappa shape index (κ1) is 19.1. The van der Waals surface area contributed by atoms with Gasteiger partial charge in [0.1, 0.15) is 0 Å². The zero-order valence-corrected chi connectivity index (χ0v) is 17.1. The first-order chi connectivity index (χ1) is 13.8. The Kier molecular flexibility index (Phi) is 6.31. The Morgan fingerprint density at radius 1 is 1.18 bits per heavy atom. The second-order valence-electron chi connectivity index (χ2n) is 7.19. The van der Waals surface area contributed by atoms with Gasteiger partial charge in [-0.15, -0.1) is 11.3 Å². The molecule has 0 radical (unpaired) electrons. The van der Waals surface area contributed by atoms with Crippen LogP contribution in [0.1, 0.15) is 34.8 Å². The molecule has 0 saturated carbocycles. The van der Waals surface area contributed by atoms with E-state index in [0.717, 1.165) is 31.7 Å². The highest BCUT2D eigenvalue weighted by Crippen LogP contribution is 2.31. The predicted molar refractivity (Wildman–Crippen MR) is 117 cm³/mol. The molecule has 3 heterocycles. The molecule has 1 atom stereocenters. The van der Waals surface area contributed by atoms with Gasteiger partial charge >= 0.3 is 0 Å². The van der Waals surface area contributed by atoms with Crippen molar-refractivity contribution < 1.29 is 0 Å². The molecule has 0 spiro atoms. The highest BCUT2D eigenvalue weighted by atomic mass is 32.1. The predicted octanol–water partition coefficient (Wildman–Crippen LogP) is 4.14. The van der Waals surface area contributed by atoms with Crippen LogP contribution in [0, 0.1) is 6.92 Å². The van der Waals surface area contributed by atoms with Gasteiger partial charge in [-0.2, -0.15) is 0 Å². The third kappa shape index (κ3) is 4.58. The zero-order chi connectivity index (χ0) is 19.2. The van der Waals surface area contributed by atoms with Crippen LogP contribution in [0.5, 0.6) is 0 Å². The third-order valence-electron chi connectivity index (χ3n) is 5.31. The van der Waals surface area contributed by atoms with Crippen LogP contribution < -0.4 is 16.2 Å². The zero-order valence-electron chi connectivity index (χ0n) is 16.2. The number of aromatic nitrogens is 2. The van der Waals surface area contributed by atoms with Gasteiger partial charge in [-0.1, -0.05) is 24.3 Å². The molecule has 146 valence electrons. The van der Waals surface area contributed by atoms with Crippen LogP contribution in [-0.2, 0) is 6.42 Å². The van der Waals surface area contributed by atoms with Gasteiger partial charge in [0.15, 0.2) is 0 Å². The number of hydrogen-bond donors (Lipinski definition) is 3. The lowest BCUT2D eigenvalue weighted by Crippen LogP contribution is -2.32. The van der Waals surface area contributed by atoms with Crippen molar-refractivity contribution in [3.8, 4) is 11.3 Å². The molecule has 0 bridgehead atoms. The van der Waals surface area contributed by atoms with Gasteiger partial charge in [0.05, 0.1) is 5.69 Å². The molecule has 1 aliphatic heterocycles. The lowest BCUT2D eigenvalue weighted by Gasteiger charge is -2.19. The molecule has 1 aliphatic rings. The number of anilines is 1. The summed E-state index contributed by atoms with van der Waals surface area (Å²) in [6, 6.07) is 12.8. The van der Waals surface area contributed by atoms with E-state index in [-0.39, 0.29) is 0 Å². The number of hydrogen-bond acceptors (Lipinski definition) is 6.